The van der Waals surface area contributed by atoms with Crippen molar-refractivity contribution in [1.29, 1.82) is 0 Å². The van der Waals surface area contributed by atoms with E-state index in [9.17, 15) is 0 Å². The molecule has 0 aliphatic carbocycles. The zero-order valence-electron chi connectivity index (χ0n) is 12.9. The highest BCUT2D eigenvalue weighted by molar-refractivity contribution is 5.92. The molecule has 2 N–H and O–H groups in total. The first-order valence-corrected chi connectivity index (χ1v) is 7.34. The van der Waals surface area contributed by atoms with E-state index < -0.39 is 0 Å². The standard InChI is InChI=1S/C17H25N3/c1-12(2)9-13(3)20(4)17-10-14(11-18)19-16-8-6-5-7-15(16)17/h5-8,10,12-13H,9,11,18H2,1-4H3. The summed E-state index contributed by atoms with van der Waals surface area (Å²) >= 11 is 0. The molecule has 1 heterocycles. The van der Waals surface area contributed by atoms with E-state index in [1.807, 2.05) is 6.07 Å². The van der Waals surface area contributed by atoms with Crippen LogP contribution < -0.4 is 10.6 Å². The van der Waals surface area contributed by atoms with Gasteiger partial charge in [0.15, 0.2) is 0 Å². The van der Waals surface area contributed by atoms with E-state index in [0.717, 1.165) is 11.2 Å². The minimum atomic E-state index is 0.476. The van der Waals surface area contributed by atoms with Gasteiger partial charge in [0.1, 0.15) is 0 Å². The maximum Gasteiger partial charge on any atom is 0.0726 e. The fourth-order valence-electron chi connectivity index (χ4n) is 2.68. The highest BCUT2D eigenvalue weighted by Gasteiger charge is 2.15. The summed E-state index contributed by atoms with van der Waals surface area (Å²) in [5, 5.41) is 1.20. The maximum atomic E-state index is 5.79. The summed E-state index contributed by atoms with van der Waals surface area (Å²) in [6.45, 7) is 7.28. The van der Waals surface area contributed by atoms with Crippen LogP contribution in [-0.2, 0) is 6.54 Å². The van der Waals surface area contributed by atoms with Crippen molar-refractivity contribution in [3.63, 3.8) is 0 Å². The quantitative estimate of drug-likeness (QED) is 0.904. The summed E-state index contributed by atoms with van der Waals surface area (Å²) in [4.78, 5) is 6.96. The molecule has 0 amide bonds. The molecule has 2 rings (SSSR count). The Bertz CT molecular complexity index is 577. The molecule has 1 aromatic carbocycles. The zero-order valence-corrected chi connectivity index (χ0v) is 12.9. The molecule has 0 fully saturated rings. The average Bonchev–Trinajstić information content (AvgIpc) is 2.44. The lowest BCUT2D eigenvalue weighted by Crippen LogP contribution is -2.30. The second-order valence-electron chi connectivity index (χ2n) is 5.94. The van der Waals surface area contributed by atoms with Crippen LogP contribution >= 0.6 is 0 Å². The van der Waals surface area contributed by atoms with Crippen molar-refractivity contribution in [1.82, 2.24) is 4.98 Å². The number of nitrogens with two attached hydrogens (primary N) is 1. The van der Waals surface area contributed by atoms with E-state index in [2.05, 4.69) is 62.0 Å². The Labute approximate surface area is 121 Å². The molecule has 3 nitrogen and oxygen atoms in total. The smallest absolute Gasteiger partial charge is 0.0726 e. The molecule has 0 bridgehead atoms. The third kappa shape index (κ3) is 3.10. The van der Waals surface area contributed by atoms with Gasteiger partial charge in [0.2, 0.25) is 0 Å². The molecule has 20 heavy (non-hydrogen) atoms. The number of hydrogen-bond donors (Lipinski definition) is 1. The van der Waals surface area contributed by atoms with Crippen LogP contribution in [0.1, 0.15) is 32.9 Å². The monoisotopic (exact) mass is 271 g/mol. The normalized spacial score (nSPS) is 12.9. The van der Waals surface area contributed by atoms with Crippen molar-refractivity contribution < 1.29 is 0 Å². The van der Waals surface area contributed by atoms with Crippen LogP contribution in [0.5, 0.6) is 0 Å². The van der Waals surface area contributed by atoms with Gasteiger partial charge < -0.3 is 10.6 Å². The van der Waals surface area contributed by atoms with Gasteiger partial charge in [-0.15, -0.1) is 0 Å². The number of pyridine rings is 1. The zero-order chi connectivity index (χ0) is 14.7. The molecule has 0 spiro atoms. The lowest BCUT2D eigenvalue weighted by Gasteiger charge is -2.29. The van der Waals surface area contributed by atoms with Crippen LogP contribution in [-0.4, -0.2) is 18.1 Å². The Morgan fingerprint density at radius 2 is 1.90 bits per heavy atom. The Kier molecular flexibility index (Phi) is 4.61. The lowest BCUT2D eigenvalue weighted by atomic mass is 10.0. The topological polar surface area (TPSA) is 42.1 Å². The fraction of sp³-hybridized carbons (Fsp3) is 0.471. The molecular weight excluding hydrogens is 246 g/mol. The molecule has 1 unspecified atom stereocenters. The van der Waals surface area contributed by atoms with Gasteiger partial charge in [0.25, 0.3) is 0 Å². The summed E-state index contributed by atoms with van der Waals surface area (Å²) in [7, 11) is 2.16. The van der Waals surface area contributed by atoms with Crippen LogP contribution in [0.15, 0.2) is 30.3 Å². The van der Waals surface area contributed by atoms with Crippen molar-refractivity contribution in [2.45, 2.75) is 39.8 Å². The van der Waals surface area contributed by atoms with Crippen molar-refractivity contribution in [3.05, 3.63) is 36.0 Å². The van der Waals surface area contributed by atoms with Crippen molar-refractivity contribution in [3.8, 4) is 0 Å². The summed E-state index contributed by atoms with van der Waals surface area (Å²) in [6, 6.07) is 10.9. The van der Waals surface area contributed by atoms with E-state index in [1.165, 1.54) is 17.5 Å². The predicted octanol–water partition coefficient (Wildman–Crippen LogP) is 3.56. The first kappa shape index (κ1) is 14.8. The predicted molar refractivity (Wildman–Crippen MR) is 87.0 cm³/mol. The van der Waals surface area contributed by atoms with Gasteiger partial charge in [-0.05, 0) is 31.4 Å². The van der Waals surface area contributed by atoms with E-state index in [4.69, 9.17) is 5.73 Å². The Morgan fingerprint density at radius 1 is 1.20 bits per heavy atom. The fourth-order valence-corrected chi connectivity index (χ4v) is 2.68. The lowest BCUT2D eigenvalue weighted by molar-refractivity contribution is 0.504. The van der Waals surface area contributed by atoms with Gasteiger partial charge in [-0.25, -0.2) is 0 Å². The summed E-state index contributed by atoms with van der Waals surface area (Å²) in [6.07, 6.45) is 1.17. The minimum absolute atomic E-state index is 0.476. The number of benzene rings is 1. The first-order valence-electron chi connectivity index (χ1n) is 7.34. The SMILES string of the molecule is CC(C)CC(C)N(C)c1cc(CN)nc2ccccc12. The number of rotatable bonds is 5. The van der Waals surface area contributed by atoms with Crippen molar-refractivity contribution in [2.24, 2.45) is 11.7 Å². The number of nitrogens with zero attached hydrogens (tertiary/aromatic N) is 2. The van der Waals surface area contributed by atoms with Gasteiger partial charge in [0.05, 0.1) is 11.2 Å². The third-order valence-corrected chi connectivity index (χ3v) is 3.81. The molecule has 108 valence electrons. The number of hydrogen-bond acceptors (Lipinski definition) is 3. The molecule has 1 atom stereocenters. The van der Waals surface area contributed by atoms with Gasteiger partial charge in [-0.2, -0.15) is 0 Å². The number of fused-ring (bicyclic) bond motifs is 1. The first-order chi connectivity index (χ1) is 9.52. The van der Waals surface area contributed by atoms with Crippen LogP contribution in [0.2, 0.25) is 0 Å². The van der Waals surface area contributed by atoms with Gasteiger partial charge in [0, 0.05) is 30.7 Å². The molecule has 0 saturated carbocycles. The second-order valence-corrected chi connectivity index (χ2v) is 5.94. The molecule has 0 aliphatic rings. The van der Waals surface area contributed by atoms with Crippen molar-refractivity contribution >= 4 is 16.6 Å². The van der Waals surface area contributed by atoms with E-state index >= 15 is 0 Å². The van der Waals surface area contributed by atoms with Crippen LogP contribution in [0.4, 0.5) is 5.69 Å². The van der Waals surface area contributed by atoms with Crippen LogP contribution in [0, 0.1) is 5.92 Å². The Balaban J connectivity index is 2.46. The Morgan fingerprint density at radius 3 is 2.55 bits per heavy atom. The molecule has 0 saturated heterocycles. The summed E-state index contributed by atoms with van der Waals surface area (Å²) in [5.41, 5.74) is 8.98. The maximum absolute atomic E-state index is 5.79. The second kappa shape index (κ2) is 6.23. The van der Waals surface area contributed by atoms with Gasteiger partial charge in [-0.3, -0.25) is 4.98 Å². The highest BCUT2D eigenvalue weighted by Crippen LogP contribution is 2.28. The van der Waals surface area contributed by atoms with E-state index in [1.54, 1.807) is 0 Å². The average molecular weight is 271 g/mol. The molecule has 1 aromatic heterocycles. The molecule has 2 aromatic rings. The van der Waals surface area contributed by atoms with E-state index in [-0.39, 0.29) is 0 Å². The third-order valence-electron chi connectivity index (χ3n) is 3.81. The summed E-state index contributed by atoms with van der Waals surface area (Å²) in [5.74, 6) is 0.689. The number of aromatic nitrogens is 1. The van der Waals surface area contributed by atoms with Gasteiger partial charge >= 0.3 is 0 Å². The number of para-hydroxylation sites is 1. The number of anilines is 1. The van der Waals surface area contributed by atoms with Crippen LogP contribution in [0.25, 0.3) is 10.9 Å². The van der Waals surface area contributed by atoms with E-state index in [0.29, 0.717) is 18.5 Å². The molecular formula is C17H25N3. The highest BCUT2D eigenvalue weighted by atomic mass is 15.1. The molecule has 0 radical (unpaired) electrons. The molecule has 0 aliphatic heterocycles. The minimum Gasteiger partial charge on any atom is -0.371 e. The van der Waals surface area contributed by atoms with Gasteiger partial charge in [-0.1, -0.05) is 32.0 Å². The largest absolute Gasteiger partial charge is 0.371 e. The van der Waals surface area contributed by atoms with Crippen LogP contribution in [0.3, 0.4) is 0 Å². The Hall–Kier alpha value is -1.61. The summed E-state index contributed by atoms with van der Waals surface area (Å²) < 4.78 is 0. The van der Waals surface area contributed by atoms with Crippen molar-refractivity contribution in [2.75, 3.05) is 11.9 Å². The molecule has 3 heteroatoms.